The monoisotopic (exact) mass is 272 g/mol. The normalized spacial score (nSPS) is 16.2. The standard InChI is InChI=1S/C11H16N2O2S2/c1-2-3-8-9(10(14)15)17-11(12-8)13-4-6-16-7-5-13/h2-7H2,1H3,(H,14,15). The fourth-order valence-electron chi connectivity index (χ4n) is 1.80. The summed E-state index contributed by atoms with van der Waals surface area (Å²) in [5.74, 6) is 1.36. The van der Waals surface area contributed by atoms with Crippen molar-refractivity contribution in [1.29, 1.82) is 0 Å². The van der Waals surface area contributed by atoms with Crippen LogP contribution in [0.2, 0.25) is 0 Å². The van der Waals surface area contributed by atoms with E-state index in [0.717, 1.165) is 48.3 Å². The maximum atomic E-state index is 11.1. The maximum absolute atomic E-state index is 11.1. The van der Waals surface area contributed by atoms with Crippen molar-refractivity contribution >= 4 is 34.2 Å². The number of hydrogen-bond donors (Lipinski definition) is 1. The summed E-state index contributed by atoms with van der Waals surface area (Å²) in [6, 6.07) is 0. The number of aromatic carboxylic acids is 1. The molecule has 0 radical (unpaired) electrons. The SMILES string of the molecule is CCCc1nc(N2CCSCC2)sc1C(=O)O. The van der Waals surface area contributed by atoms with Crippen LogP contribution in [0.3, 0.4) is 0 Å². The van der Waals surface area contributed by atoms with Crippen molar-refractivity contribution in [2.75, 3.05) is 29.5 Å². The Kier molecular flexibility index (Phi) is 4.28. The topological polar surface area (TPSA) is 53.4 Å². The van der Waals surface area contributed by atoms with Gasteiger partial charge in [-0.1, -0.05) is 24.7 Å². The Morgan fingerprint density at radius 2 is 2.18 bits per heavy atom. The number of carbonyl (C=O) groups is 1. The highest BCUT2D eigenvalue weighted by molar-refractivity contribution is 7.99. The largest absolute Gasteiger partial charge is 0.477 e. The molecule has 1 saturated heterocycles. The van der Waals surface area contributed by atoms with E-state index >= 15 is 0 Å². The molecule has 0 saturated carbocycles. The number of aryl methyl sites for hydroxylation is 1. The van der Waals surface area contributed by atoms with Crippen molar-refractivity contribution in [2.24, 2.45) is 0 Å². The summed E-state index contributed by atoms with van der Waals surface area (Å²) >= 11 is 3.26. The zero-order valence-electron chi connectivity index (χ0n) is 9.81. The lowest BCUT2D eigenvalue weighted by molar-refractivity contribution is 0.0700. The quantitative estimate of drug-likeness (QED) is 0.912. The third-order valence-electron chi connectivity index (χ3n) is 2.65. The van der Waals surface area contributed by atoms with Crippen LogP contribution in [-0.2, 0) is 6.42 Å². The highest BCUT2D eigenvalue weighted by atomic mass is 32.2. The average Bonchev–Trinajstić information content (AvgIpc) is 2.75. The molecule has 1 N–H and O–H groups in total. The first-order valence-corrected chi connectivity index (χ1v) is 7.75. The van der Waals surface area contributed by atoms with Gasteiger partial charge in [0.1, 0.15) is 4.88 Å². The molecule has 0 aromatic carbocycles. The van der Waals surface area contributed by atoms with E-state index < -0.39 is 5.97 Å². The van der Waals surface area contributed by atoms with Gasteiger partial charge < -0.3 is 10.0 Å². The minimum absolute atomic E-state index is 0.417. The summed E-state index contributed by atoms with van der Waals surface area (Å²) in [5, 5.41) is 10.0. The molecular formula is C11H16N2O2S2. The van der Waals surface area contributed by atoms with E-state index in [9.17, 15) is 4.79 Å². The van der Waals surface area contributed by atoms with E-state index in [4.69, 9.17) is 5.11 Å². The number of thiazole rings is 1. The maximum Gasteiger partial charge on any atom is 0.347 e. The number of carboxylic acids is 1. The molecule has 1 aliphatic heterocycles. The van der Waals surface area contributed by atoms with Gasteiger partial charge in [0.15, 0.2) is 5.13 Å². The lowest BCUT2D eigenvalue weighted by Gasteiger charge is -2.25. The number of rotatable bonds is 4. The first kappa shape index (κ1) is 12.7. The zero-order chi connectivity index (χ0) is 12.3. The van der Waals surface area contributed by atoms with E-state index in [1.54, 1.807) is 0 Å². The Hall–Kier alpha value is -0.750. The lowest BCUT2D eigenvalue weighted by atomic mass is 10.2. The minimum atomic E-state index is -0.844. The Bertz CT molecular complexity index is 400. The van der Waals surface area contributed by atoms with Crippen molar-refractivity contribution in [2.45, 2.75) is 19.8 Å². The summed E-state index contributed by atoms with van der Waals surface area (Å²) < 4.78 is 0. The van der Waals surface area contributed by atoms with Gasteiger partial charge >= 0.3 is 5.97 Å². The van der Waals surface area contributed by atoms with Crippen LogP contribution in [0.1, 0.15) is 28.7 Å². The molecule has 94 valence electrons. The second kappa shape index (κ2) is 5.73. The molecule has 1 fully saturated rings. The van der Waals surface area contributed by atoms with Crippen molar-refractivity contribution in [3.8, 4) is 0 Å². The molecule has 0 atom stereocenters. The Morgan fingerprint density at radius 3 is 2.76 bits per heavy atom. The Labute approximate surface area is 109 Å². The van der Waals surface area contributed by atoms with Crippen LogP contribution in [0.4, 0.5) is 5.13 Å². The Balaban J connectivity index is 2.22. The summed E-state index contributed by atoms with van der Waals surface area (Å²) in [6.45, 7) is 3.99. The van der Waals surface area contributed by atoms with Crippen LogP contribution < -0.4 is 4.90 Å². The van der Waals surface area contributed by atoms with Crippen molar-refractivity contribution in [1.82, 2.24) is 4.98 Å². The molecule has 1 aromatic heterocycles. The van der Waals surface area contributed by atoms with Crippen LogP contribution in [-0.4, -0.2) is 40.7 Å². The van der Waals surface area contributed by atoms with Crippen LogP contribution in [0, 0.1) is 0 Å². The van der Waals surface area contributed by atoms with Gasteiger partial charge in [-0.05, 0) is 6.42 Å². The van der Waals surface area contributed by atoms with Gasteiger partial charge in [0, 0.05) is 24.6 Å². The van der Waals surface area contributed by atoms with Gasteiger partial charge in [-0.2, -0.15) is 11.8 Å². The van der Waals surface area contributed by atoms with Crippen molar-refractivity contribution < 1.29 is 9.90 Å². The fourth-order valence-corrected chi connectivity index (χ4v) is 3.71. The molecule has 4 nitrogen and oxygen atoms in total. The molecule has 1 aliphatic rings. The summed E-state index contributed by atoms with van der Waals surface area (Å²) in [6.07, 6.45) is 1.68. The lowest BCUT2D eigenvalue weighted by Crippen LogP contribution is -2.32. The second-order valence-electron chi connectivity index (χ2n) is 3.93. The van der Waals surface area contributed by atoms with Crippen LogP contribution in [0.25, 0.3) is 0 Å². The predicted octanol–water partition coefficient (Wildman–Crippen LogP) is 2.35. The predicted molar refractivity (Wildman–Crippen MR) is 72.6 cm³/mol. The van der Waals surface area contributed by atoms with Crippen LogP contribution in [0.15, 0.2) is 0 Å². The number of anilines is 1. The molecule has 0 aliphatic carbocycles. The third kappa shape index (κ3) is 2.93. The molecule has 0 bridgehead atoms. The number of thioether (sulfide) groups is 1. The van der Waals surface area contributed by atoms with Gasteiger partial charge in [0.2, 0.25) is 0 Å². The number of aromatic nitrogens is 1. The van der Waals surface area contributed by atoms with E-state index in [1.807, 2.05) is 18.7 Å². The molecule has 2 rings (SSSR count). The summed E-state index contributed by atoms with van der Waals surface area (Å²) in [7, 11) is 0. The van der Waals surface area contributed by atoms with E-state index in [1.165, 1.54) is 11.3 Å². The Morgan fingerprint density at radius 1 is 1.47 bits per heavy atom. The van der Waals surface area contributed by atoms with E-state index in [-0.39, 0.29) is 0 Å². The molecule has 2 heterocycles. The molecule has 0 amide bonds. The van der Waals surface area contributed by atoms with E-state index in [2.05, 4.69) is 9.88 Å². The molecule has 0 unspecified atom stereocenters. The average molecular weight is 272 g/mol. The molecule has 1 aromatic rings. The van der Waals surface area contributed by atoms with Gasteiger partial charge in [0.25, 0.3) is 0 Å². The number of hydrogen-bond acceptors (Lipinski definition) is 5. The smallest absolute Gasteiger partial charge is 0.347 e. The molecular weight excluding hydrogens is 256 g/mol. The molecule has 6 heteroatoms. The minimum Gasteiger partial charge on any atom is -0.477 e. The fraction of sp³-hybridized carbons (Fsp3) is 0.636. The van der Waals surface area contributed by atoms with Gasteiger partial charge in [-0.15, -0.1) is 0 Å². The third-order valence-corrected chi connectivity index (χ3v) is 4.74. The summed E-state index contributed by atoms with van der Waals surface area (Å²) in [4.78, 5) is 18.3. The van der Waals surface area contributed by atoms with Crippen LogP contribution >= 0.6 is 23.1 Å². The number of carboxylic acid groups (broad SMARTS) is 1. The highest BCUT2D eigenvalue weighted by Gasteiger charge is 2.21. The first-order chi connectivity index (χ1) is 8.22. The highest BCUT2D eigenvalue weighted by Crippen LogP contribution is 2.29. The van der Waals surface area contributed by atoms with Crippen molar-refractivity contribution in [3.63, 3.8) is 0 Å². The van der Waals surface area contributed by atoms with Gasteiger partial charge in [0.05, 0.1) is 5.69 Å². The van der Waals surface area contributed by atoms with Crippen LogP contribution in [0.5, 0.6) is 0 Å². The molecule has 17 heavy (non-hydrogen) atoms. The molecule has 0 spiro atoms. The first-order valence-electron chi connectivity index (χ1n) is 5.78. The van der Waals surface area contributed by atoms with Gasteiger partial charge in [-0.25, -0.2) is 9.78 Å². The number of nitrogens with zero attached hydrogens (tertiary/aromatic N) is 2. The van der Waals surface area contributed by atoms with Crippen molar-refractivity contribution in [3.05, 3.63) is 10.6 Å². The summed E-state index contributed by atoms with van der Waals surface area (Å²) in [5.41, 5.74) is 0.748. The van der Waals surface area contributed by atoms with E-state index in [0.29, 0.717) is 4.88 Å². The van der Waals surface area contributed by atoms with Gasteiger partial charge in [-0.3, -0.25) is 0 Å². The zero-order valence-corrected chi connectivity index (χ0v) is 11.4. The second-order valence-corrected chi connectivity index (χ2v) is 6.13.